The number of hydrogen-bond donors (Lipinski definition) is 2. The van der Waals surface area contributed by atoms with Gasteiger partial charge in [-0.25, -0.2) is 18.8 Å². The summed E-state index contributed by atoms with van der Waals surface area (Å²) in [7, 11) is 2.13. The Morgan fingerprint density at radius 2 is 1.77 bits per heavy atom. The van der Waals surface area contributed by atoms with E-state index in [4.69, 9.17) is 15.5 Å². The first-order valence-corrected chi connectivity index (χ1v) is 13.2. The van der Waals surface area contributed by atoms with Gasteiger partial charge in [0.2, 0.25) is 11.9 Å². The van der Waals surface area contributed by atoms with Crippen LogP contribution in [0.25, 0.3) is 17.0 Å². The highest BCUT2D eigenvalue weighted by atomic mass is 19.3. The third-order valence-electron chi connectivity index (χ3n) is 7.44. The van der Waals surface area contributed by atoms with E-state index in [1.54, 1.807) is 30.5 Å². The molecule has 0 amide bonds. The standard InChI is InChI=1S/C26H32F2N10O/c1-36-10-7-17(8-11-36)31-20-6-9-26(29,16-30-20)23-33-24(37-12-14-39-15-13-37)35-25(34-23)38-19-5-3-2-4-18(19)32-22(38)21(27)28/h2-6,16-17,21,31H,7-15,29H2,1H3. The first-order chi connectivity index (χ1) is 18.9. The minimum absolute atomic E-state index is 0.0444. The molecule has 2 saturated heterocycles. The molecule has 2 fully saturated rings. The molecule has 0 radical (unpaired) electrons. The van der Waals surface area contributed by atoms with Gasteiger partial charge >= 0.3 is 0 Å². The van der Waals surface area contributed by atoms with Crippen LogP contribution in [0, 0.1) is 0 Å². The Morgan fingerprint density at radius 1 is 1.03 bits per heavy atom. The molecule has 1 unspecified atom stereocenters. The summed E-state index contributed by atoms with van der Waals surface area (Å²) in [5.74, 6) is 0.991. The minimum atomic E-state index is -2.83. The zero-order valence-corrected chi connectivity index (χ0v) is 21.8. The lowest BCUT2D eigenvalue weighted by Gasteiger charge is -2.32. The molecule has 6 rings (SSSR count). The molecule has 3 N–H and O–H groups in total. The van der Waals surface area contributed by atoms with E-state index in [1.807, 2.05) is 11.0 Å². The molecular formula is C26H32F2N10O. The van der Waals surface area contributed by atoms with Crippen LogP contribution in [0.1, 0.15) is 37.3 Å². The Hall–Kier alpha value is -3.55. The van der Waals surface area contributed by atoms with E-state index < -0.39 is 17.8 Å². The second-order valence-corrected chi connectivity index (χ2v) is 10.3. The van der Waals surface area contributed by atoms with Crippen molar-refractivity contribution in [2.45, 2.75) is 37.3 Å². The van der Waals surface area contributed by atoms with E-state index in [2.05, 4.69) is 37.2 Å². The second-order valence-electron chi connectivity index (χ2n) is 10.3. The molecule has 39 heavy (non-hydrogen) atoms. The Morgan fingerprint density at radius 3 is 2.49 bits per heavy atom. The number of rotatable bonds is 6. The number of aromatic nitrogens is 5. The molecule has 0 saturated carbocycles. The average molecular weight is 539 g/mol. The van der Waals surface area contributed by atoms with Crippen LogP contribution in [-0.2, 0) is 10.3 Å². The highest BCUT2D eigenvalue weighted by Crippen LogP contribution is 2.30. The number of nitrogens with one attached hydrogen (secondary N) is 1. The SMILES string of the molecule is CN1CCC(NC2=CCC(N)(c3nc(N4CCOCC4)nc(-n4c(C(F)F)nc5ccccc54)n3)C=N2)CC1. The van der Waals surface area contributed by atoms with Crippen LogP contribution in [0.2, 0.25) is 0 Å². The number of anilines is 1. The second kappa shape index (κ2) is 10.5. The van der Waals surface area contributed by atoms with Gasteiger partial charge in [0.15, 0.2) is 11.6 Å². The van der Waals surface area contributed by atoms with E-state index in [0.29, 0.717) is 55.7 Å². The molecule has 3 aliphatic rings. The summed E-state index contributed by atoms with van der Waals surface area (Å²) in [6.07, 6.45) is 3.25. The molecule has 13 heteroatoms. The van der Waals surface area contributed by atoms with Crippen molar-refractivity contribution < 1.29 is 13.5 Å². The van der Waals surface area contributed by atoms with Crippen LogP contribution >= 0.6 is 0 Å². The number of fused-ring (bicyclic) bond motifs is 1. The molecule has 3 aliphatic heterocycles. The molecule has 3 aromatic rings. The Balaban J connectivity index is 1.37. The van der Waals surface area contributed by atoms with Gasteiger partial charge in [0.05, 0.1) is 24.2 Å². The Labute approximate surface area is 224 Å². The first kappa shape index (κ1) is 25.7. The van der Waals surface area contributed by atoms with Gasteiger partial charge in [0.25, 0.3) is 6.43 Å². The number of alkyl halides is 2. The zero-order valence-electron chi connectivity index (χ0n) is 21.8. The van der Waals surface area contributed by atoms with Crippen LogP contribution in [0.5, 0.6) is 0 Å². The van der Waals surface area contributed by atoms with Crippen LogP contribution in [-0.4, -0.2) is 88.1 Å². The number of ether oxygens (including phenoxy) is 1. The van der Waals surface area contributed by atoms with E-state index in [0.717, 1.165) is 31.8 Å². The number of benzene rings is 1. The van der Waals surface area contributed by atoms with Gasteiger partial charge in [-0.1, -0.05) is 12.1 Å². The van der Waals surface area contributed by atoms with Crippen LogP contribution < -0.4 is 16.0 Å². The number of hydrogen-bond acceptors (Lipinski definition) is 10. The van der Waals surface area contributed by atoms with Crippen molar-refractivity contribution in [3.8, 4) is 5.95 Å². The zero-order chi connectivity index (χ0) is 27.0. The topological polar surface area (TPSA) is 123 Å². The van der Waals surface area contributed by atoms with Crippen molar-refractivity contribution in [2.24, 2.45) is 10.7 Å². The van der Waals surface area contributed by atoms with E-state index in [-0.39, 0.29) is 11.8 Å². The fourth-order valence-corrected chi connectivity index (χ4v) is 5.13. The number of nitrogens with two attached hydrogens (primary N) is 1. The Kier molecular flexibility index (Phi) is 6.95. The van der Waals surface area contributed by atoms with Gasteiger partial charge in [-0.15, -0.1) is 0 Å². The predicted octanol–water partition coefficient (Wildman–Crippen LogP) is 2.14. The number of halogens is 2. The minimum Gasteiger partial charge on any atom is -0.378 e. The molecule has 0 spiro atoms. The number of likely N-dealkylation sites (tertiary alicyclic amines) is 1. The van der Waals surface area contributed by atoms with Crippen LogP contribution in [0.3, 0.4) is 0 Å². The molecule has 1 aromatic carbocycles. The van der Waals surface area contributed by atoms with Crippen molar-refractivity contribution in [1.82, 2.24) is 34.7 Å². The largest absolute Gasteiger partial charge is 0.378 e. The van der Waals surface area contributed by atoms with Gasteiger partial charge in [-0.05, 0) is 57.6 Å². The van der Waals surface area contributed by atoms with Gasteiger partial charge < -0.3 is 25.6 Å². The normalized spacial score (nSPS) is 23.0. The number of aliphatic imine (C=N–C) groups is 1. The van der Waals surface area contributed by atoms with E-state index >= 15 is 0 Å². The molecule has 11 nitrogen and oxygen atoms in total. The summed E-state index contributed by atoms with van der Waals surface area (Å²) in [5.41, 5.74) is 6.59. The molecule has 2 aromatic heterocycles. The Bertz CT molecular complexity index is 1390. The lowest BCUT2D eigenvalue weighted by molar-refractivity contribution is 0.122. The third kappa shape index (κ3) is 5.21. The average Bonchev–Trinajstić information content (AvgIpc) is 3.36. The van der Waals surface area contributed by atoms with E-state index in [1.165, 1.54) is 4.57 Å². The fourth-order valence-electron chi connectivity index (χ4n) is 5.13. The molecular weight excluding hydrogens is 506 g/mol. The molecule has 0 bridgehead atoms. The smallest absolute Gasteiger partial charge is 0.296 e. The number of imidazole rings is 1. The van der Waals surface area contributed by atoms with Crippen molar-refractivity contribution >= 4 is 23.2 Å². The van der Waals surface area contributed by atoms with Crippen molar-refractivity contribution in [2.75, 3.05) is 51.3 Å². The monoisotopic (exact) mass is 538 g/mol. The summed E-state index contributed by atoms with van der Waals surface area (Å²) in [5, 5.41) is 3.51. The van der Waals surface area contributed by atoms with Crippen molar-refractivity contribution in [3.05, 3.63) is 47.8 Å². The fraction of sp³-hybridized carbons (Fsp3) is 0.500. The predicted molar refractivity (Wildman–Crippen MR) is 143 cm³/mol. The molecule has 5 heterocycles. The van der Waals surface area contributed by atoms with Gasteiger partial charge in [0.1, 0.15) is 11.4 Å². The summed E-state index contributed by atoms with van der Waals surface area (Å²) in [4.78, 5) is 27.0. The quantitative estimate of drug-likeness (QED) is 0.486. The van der Waals surface area contributed by atoms with Gasteiger partial charge in [-0.2, -0.15) is 15.0 Å². The van der Waals surface area contributed by atoms with Crippen LogP contribution in [0.4, 0.5) is 14.7 Å². The number of piperidine rings is 1. The first-order valence-electron chi connectivity index (χ1n) is 13.2. The maximum Gasteiger partial charge on any atom is 0.296 e. The van der Waals surface area contributed by atoms with Gasteiger partial charge in [-0.3, -0.25) is 4.57 Å². The molecule has 206 valence electrons. The maximum atomic E-state index is 14.1. The highest BCUT2D eigenvalue weighted by Gasteiger charge is 2.34. The van der Waals surface area contributed by atoms with Crippen LogP contribution in [0.15, 0.2) is 41.2 Å². The maximum absolute atomic E-state index is 14.1. The molecule has 0 aliphatic carbocycles. The molecule has 1 atom stereocenters. The summed E-state index contributed by atoms with van der Waals surface area (Å²) >= 11 is 0. The van der Waals surface area contributed by atoms with E-state index in [9.17, 15) is 8.78 Å². The van der Waals surface area contributed by atoms with Gasteiger partial charge in [0, 0.05) is 25.3 Å². The van der Waals surface area contributed by atoms with Crippen molar-refractivity contribution in [3.63, 3.8) is 0 Å². The third-order valence-corrected chi connectivity index (χ3v) is 7.44. The summed E-state index contributed by atoms with van der Waals surface area (Å²) < 4.78 is 35.1. The lowest BCUT2D eigenvalue weighted by Crippen LogP contribution is -2.45. The number of morpholine rings is 1. The lowest BCUT2D eigenvalue weighted by atomic mass is 9.95. The summed E-state index contributed by atoms with van der Waals surface area (Å²) in [6, 6.07) is 7.28. The highest BCUT2D eigenvalue weighted by molar-refractivity contribution is 5.78. The number of nitrogens with zero attached hydrogens (tertiary/aromatic N) is 8. The number of para-hydroxylation sites is 2. The van der Waals surface area contributed by atoms with Crippen molar-refractivity contribution in [1.29, 1.82) is 0 Å². The summed E-state index contributed by atoms with van der Waals surface area (Å²) in [6.45, 7) is 4.22.